The van der Waals surface area contributed by atoms with Gasteiger partial charge >= 0.3 is 0 Å². The lowest BCUT2D eigenvalue weighted by atomic mass is 9.95. The Hall–Kier alpha value is -0.920. The minimum absolute atomic E-state index is 0.766. The van der Waals surface area contributed by atoms with Gasteiger partial charge in [-0.25, -0.2) is 0 Å². The standard InChI is InChI=1S/C15H25NO/c1-12-10-8-6-4-5-7-9-11-15(16-17)14(3)13(12)2/h4-11H2,1-3H3. The lowest BCUT2D eigenvalue weighted by Crippen LogP contribution is -1.94. The minimum atomic E-state index is 0.766. The molecule has 0 fully saturated rings. The molecule has 0 bridgehead atoms. The third-order valence-electron chi connectivity index (χ3n) is 3.96. The molecule has 1 aliphatic rings. The molecule has 0 N–H and O–H groups in total. The van der Waals surface area contributed by atoms with Crippen molar-refractivity contribution in [2.45, 2.75) is 72.1 Å². The lowest BCUT2D eigenvalue weighted by molar-refractivity contribution is 0.587. The van der Waals surface area contributed by atoms with Gasteiger partial charge in [-0.1, -0.05) is 31.3 Å². The fraction of sp³-hybridized carbons (Fsp3) is 0.733. The van der Waals surface area contributed by atoms with Crippen LogP contribution in [0.4, 0.5) is 0 Å². The summed E-state index contributed by atoms with van der Waals surface area (Å²) < 4.78 is 0. The summed E-state index contributed by atoms with van der Waals surface area (Å²) in [5.41, 5.74) is 4.57. The average molecular weight is 235 g/mol. The second-order valence-electron chi connectivity index (χ2n) is 5.19. The Morgan fingerprint density at radius 3 is 1.88 bits per heavy atom. The summed E-state index contributed by atoms with van der Waals surface area (Å²) in [6, 6.07) is 0. The summed E-state index contributed by atoms with van der Waals surface area (Å²) in [6.45, 7) is 6.36. The summed E-state index contributed by atoms with van der Waals surface area (Å²) in [7, 11) is 0. The molecule has 0 aromatic rings. The monoisotopic (exact) mass is 235 g/mol. The van der Waals surface area contributed by atoms with Gasteiger partial charge in [-0.05, 0) is 62.8 Å². The van der Waals surface area contributed by atoms with Crippen LogP contribution in [0.15, 0.2) is 27.6 Å². The molecule has 2 heteroatoms. The third-order valence-corrected chi connectivity index (χ3v) is 3.96. The zero-order valence-electron chi connectivity index (χ0n) is 11.5. The van der Waals surface area contributed by atoms with Crippen LogP contribution in [0.25, 0.3) is 0 Å². The fourth-order valence-corrected chi connectivity index (χ4v) is 2.42. The number of hydrogen-bond donors (Lipinski definition) is 0. The summed E-state index contributed by atoms with van der Waals surface area (Å²) in [6.07, 6.45) is 9.59. The van der Waals surface area contributed by atoms with Crippen LogP contribution in [0, 0.1) is 4.91 Å². The number of allylic oxidation sites excluding steroid dienone is 4. The number of hydrogen-bond acceptors (Lipinski definition) is 2. The van der Waals surface area contributed by atoms with Crippen molar-refractivity contribution in [2.75, 3.05) is 0 Å². The third kappa shape index (κ3) is 4.45. The molecule has 0 aromatic carbocycles. The van der Waals surface area contributed by atoms with Gasteiger partial charge in [-0.3, -0.25) is 0 Å². The van der Waals surface area contributed by atoms with Gasteiger partial charge in [-0.2, -0.15) is 0 Å². The Morgan fingerprint density at radius 1 is 0.765 bits per heavy atom. The van der Waals surface area contributed by atoms with E-state index in [1.807, 2.05) is 6.92 Å². The van der Waals surface area contributed by atoms with E-state index < -0.39 is 0 Å². The number of nitrogens with zero attached hydrogens (tertiary/aromatic N) is 1. The summed E-state index contributed by atoms with van der Waals surface area (Å²) in [4.78, 5) is 10.9. The predicted octanol–water partition coefficient (Wildman–Crippen LogP) is 5.50. The maximum Gasteiger partial charge on any atom is 0.0880 e. The first-order valence-corrected chi connectivity index (χ1v) is 6.86. The molecule has 0 saturated carbocycles. The Kier molecular flexibility index (Phi) is 6.17. The van der Waals surface area contributed by atoms with E-state index in [-0.39, 0.29) is 0 Å². The first-order valence-electron chi connectivity index (χ1n) is 6.86. The fourth-order valence-electron chi connectivity index (χ4n) is 2.42. The van der Waals surface area contributed by atoms with E-state index in [1.54, 1.807) is 0 Å². The number of rotatable bonds is 1. The van der Waals surface area contributed by atoms with Crippen LogP contribution in [0.5, 0.6) is 0 Å². The van der Waals surface area contributed by atoms with Crippen molar-refractivity contribution in [2.24, 2.45) is 5.18 Å². The molecule has 0 atom stereocenters. The second kappa shape index (κ2) is 7.41. The predicted molar refractivity (Wildman–Crippen MR) is 73.8 cm³/mol. The highest BCUT2D eigenvalue weighted by Gasteiger charge is 2.08. The molecule has 1 rings (SSSR count). The molecule has 2 nitrogen and oxygen atoms in total. The van der Waals surface area contributed by atoms with Gasteiger partial charge in [0.1, 0.15) is 0 Å². The topological polar surface area (TPSA) is 29.4 Å². The molecule has 0 radical (unpaired) electrons. The molecule has 17 heavy (non-hydrogen) atoms. The molecule has 0 unspecified atom stereocenters. The average Bonchev–Trinajstić information content (AvgIpc) is 2.34. The van der Waals surface area contributed by atoms with Crippen molar-refractivity contribution >= 4 is 0 Å². The molecular formula is C15H25NO. The molecule has 0 spiro atoms. The molecular weight excluding hydrogens is 210 g/mol. The Bertz CT molecular complexity index is 326. The molecule has 0 aromatic heterocycles. The van der Waals surface area contributed by atoms with E-state index in [1.165, 1.54) is 43.3 Å². The summed E-state index contributed by atoms with van der Waals surface area (Å²) in [5.74, 6) is 0. The molecule has 0 amide bonds. The summed E-state index contributed by atoms with van der Waals surface area (Å²) in [5, 5.41) is 3.24. The highest BCUT2D eigenvalue weighted by molar-refractivity contribution is 5.35. The van der Waals surface area contributed by atoms with E-state index in [4.69, 9.17) is 0 Å². The molecule has 1 aliphatic carbocycles. The van der Waals surface area contributed by atoms with E-state index in [0.717, 1.165) is 30.5 Å². The maximum atomic E-state index is 10.9. The van der Waals surface area contributed by atoms with E-state index in [0.29, 0.717) is 0 Å². The Morgan fingerprint density at radius 2 is 1.29 bits per heavy atom. The SMILES string of the molecule is CC1=C(C)C(C)=C(N=O)CCCCCCCC1. The van der Waals surface area contributed by atoms with Crippen molar-refractivity contribution in [3.63, 3.8) is 0 Å². The second-order valence-corrected chi connectivity index (χ2v) is 5.19. The summed E-state index contributed by atoms with van der Waals surface area (Å²) >= 11 is 0. The van der Waals surface area contributed by atoms with Gasteiger partial charge in [0, 0.05) is 0 Å². The van der Waals surface area contributed by atoms with Crippen molar-refractivity contribution in [1.82, 2.24) is 0 Å². The van der Waals surface area contributed by atoms with Crippen LogP contribution in [0.2, 0.25) is 0 Å². The van der Waals surface area contributed by atoms with E-state index >= 15 is 0 Å². The molecule has 0 saturated heterocycles. The van der Waals surface area contributed by atoms with Gasteiger partial charge < -0.3 is 0 Å². The maximum absolute atomic E-state index is 10.9. The minimum Gasteiger partial charge on any atom is -0.145 e. The highest BCUT2D eigenvalue weighted by Crippen LogP contribution is 2.26. The Balaban J connectivity index is 2.92. The van der Waals surface area contributed by atoms with Crippen molar-refractivity contribution in [3.05, 3.63) is 27.3 Å². The Labute approximate surface area is 105 Å². The van der Waals surface area contributed by atoms with Crippen LogP contribution >= 0.6 is 0 Å². The van der Waals surface area contributed by atoms with E-state index in [9.17, 15) is 4.91 Å². The first kappa shape index (κ1) is 14.1. The number of nitroso groups, excluding NO2 is 1. The van der Waals surface area contributed by atoms with Gasteiger partial charge in [-0.15, -0.1) is 4.91 Å². The smallest absolute Gasteiger partial charge is 0.0880 e. The van der Waals surface area contributed by atoms with Gasteiger partial charge in [0.2, 0.25) is 0 Å². The van der Waals surface area contributed by atoms with Crippen LogP contribution in [-0.2, 0) is 0 Å². The van der Waals surface area contributed by atoms with Crippen LogP contribution in [0.3, 0.4) is 0 Å². The molecule has 0 aliphatic heterocycles. The van der Waals surface area contributed by atoms with Crippen molar-refractivity contribution in [3.8, 4) is 0 Å². The normalized spacial score (nSPS) is 20.9. The zero-order valence-corrected chi connectivity index (χ0v) is 11.5. The first-order chi connectivity index (χ1) is 8.16. The van der Waals surface area contributed by atoms with E-state index in [2.05, 4.69) is 19.0 Å². The lowest BCUT2D eigenvalue weighted by Gasteiger charge is -2.12. The molecule has 96 valence electrons. The van der Waals surface area contributed by atoms with Crippen LogP contribution < -0.4 is 0 Å². The quantitative estimate of drug-likeness (QED) is 0.552. The van der Waals surface area contributed by atoms with Gasteiger partial charge in [0.25, 0.3) is 0 Å². The highest BCUT2D eigenvalue weighted by atomic mass is 16.3. The van der Waals surface area contributed by atoms with Gasteiger partial charge in [0.15, 0.2) is 0 Å². The van der Waals surface area contributed by atoms with Crippen LogP contribution in [-0.4, -0.2) is 0 Å². The van der Waals surface area contributed by atoms with Crippen molar-refractivity contribution in [1.29, 1.82) is 0 Å². The largest absolute Gasteiger partial charge is 0.145 e. The van der Waals surface area contributed by atoms with Crippen molar-refractivity contribution < 1.29 is 0 Å². The van der Waals surface area contributed by atoms with Gasteiger partial charge in [0.05, 0.1) is 5.70 Å². The van der Waals surface area contributed by atoms with Crippen LogP contribution in [0.1, 0.15) is 72.1 Å². The zero-order chi connectivity index (χ0) is 12.7. The molecule has 0 heterocycles.